The van der Waals surface area contributed by atoms with Crippen LogP contribution >= 0.6 is 0 Å². The Bertz CT molecular complexity index is 1170. The van der Waals surface area contributed by atoms with Crippen LogP contribution in [0.5, 0.6) is 11.5 Å². The van der Waals surface area contributed by atoms with Gasteiger partial charge in [-0.05, 0) is 36.1 Å². The van der Waals surface area contributed by atoms with Crippen LogP contribution in [0.4, 0.5) is 0 Å². The zero-order chi connectivity index (χ0) is 30.0. The predicted molar refractivity (Wildman–Crippen MR) is 140 cm³/mol. The van der Waals surface area contributed by atoms with Crippen LogP contribution in [0.2, 0.25) is 0 Å². The molecule has 0 bridgehead atoms. The largest absolute Gasteiger partial charge is 0.504 e. The molecule has 0 radical (unpaired) electrons. The lowest BCUT2D eigenvalue weighted by atomic mass is 9.76. The number of aliphatic hydroxyl groups is 4. The number of esters is 1. The highest BCUT2D eigenvalue weighted by Crippen LogP contribution is 2.45. The van der Waals surface area contributed by atoms with Crippen LogP contribution in [0, 0.1) is 11.8 Å². The number of phenols is 1. The highest BCUT2D eigenvalue weighted by Gasteiger charge is 2.48. The number of fused-ring (bicyclic) bond motifs is 1. The number of hydrogen-bond acceptors (Lipinski definition) is 12. The second kappa shape index (κ2) is 12.8. The number of hydrogen-bond donors (Lipinski definition) is 5. The van der Waals surface area contributed by atoms with Crippen molar-refractivity contribution in [1.29, 1.82) is 0 Å². The van der Waals surface area contributed by atoms with E-state index in [-0.39, 0.29) is 29.4 Å². The summed E-state index contributed by atoms with van der Waals surface area (Å²) in [5, 5.41) is 50.7. The fraction of sp³-hybridized carbons (Fsp3) is 0.571. The summed E-state index contributed by atoms with van der Waals surface area (Å²) in [6, 6.07) is 2.74. The number of carbonyl (C=O) groups excluding carboxylic acids is 2. The van der Waals surface area contributed by atoms with Gasteiger partial charge in [-0.25, -0.2) is 4.79 Å². The molecule has 0 spiro atoms. The summed E-state index contributed by atoms with van der Waals surface area (Å²) < 4.78 is 27.4. The van der Waals surface area contributed by atoms with Crippen LogP contribution in [0.1, 0.15) is 30.5 Å². The van der Waals surface area contributed by atoms with Crippen LogP contribution in [0.3, 0.4) is 0 Å². The molecule has 13 heteroatoms. The molecule has 4 rings (SSSR count). The number of aromatic hydroxyl groups is 1. The zero-order valence-corrected chi connectivity index (χ0v) is 23.1. The minimum absolute atomic E-state index is 0.0283. The summed E-state index contributed by atoms with van der Waals surface area (Å²) in [4.78, 5) is 27.3. The molecule has 1 fully saturated rings. The van der Waals surface area contributed by atoms with Crippen molar-refractivity contribution in [3.8, 4) is 11.5 Å². The second-order valence-electron chi connectivity index (χ2n) is 10.3. The van der Waals surface area contributed by atoms with Gasteiger partial charge in [0.05, 0.1) is 38.7 Å². The average molecular weight is 580 g/mol. The Labute approximate surface area is 237 Å². The lowest BCUT2D eigenvalue weighted by Gasteiger charge is -2.44. The summed E-state index contributed by atoms with van der Waals surface area (Å²) >= 11 is 0. The van der Waals surface area contributed by atoms with Gasteiger partial charge in [0.15, 0.2) is 17.8 Å². The van der Waals surface area contributed by atoms with Crippen LogP contribution in [0.15, 0.2) is 36.6 Å². The van der Waals surface area contributed by atoms with Gasteiger partial charge in [0.25, 0.3) is 0 Å². The van der Waals surface area contributed by atoms with E-state index >= 15 is 0 Å². The molecule has 3 aliphatic heterocycles. The SMILES string of the molecule is C=C[C@@H]1[C@H](O[C@H]2O[C@@H](CO)[C@H](O)[C@@H](O)[C@@H]2O)OC=C(C(=O)OC)[C@H]1C[C@@H]1c2cc(OC)c(O)cc2CCN1C(C)=O. The molecule has 3 heterocycles. The first-order chi connectivity index (χ1) is 19.6. The van der Waals surface area contributed by atoms with E-state index in [4.69, 9.17) is 23.7 Å². The average Bonchev–Trinajstić information content (AvgIpc) is 2.96. The first-order valence-corrected chi connectivity index (χ1v) is 13.3. The zero-order valence-electron chi connectivity index (χ0n) is 23.1. The normalized spacial score (nSPS) is 33.2. The lowest BCUT2D eigenvalue weighted by molar-refractivity contribution is -0.339. The highest BCUT2D eigenvalue weighted by molar-refractivity contribution is 5.89. The maximum Gasteiger partial charge on any atom is 0.337 e. The van der Waals surface area contributed by atoms with Gasteiger partial charge < -0.3 is 54.1 Å². The second-order valence-corrected chi connectivity index (χ2v) is 10.3. The predicted octanol–water partition coefficient (Wildman–Crippen LogP) is -0.115. The smallest absolute Gasteiger partial charge is 0.337 e. The molecule has 5 N–H and O–H groups in total. The van der Waals surface area contributed by atoms with E-state index in [1.807, 2.05) is 0 Å². The summed E-state index contributed by atoms with van der Waals surface area (Å²) in [5.74, 6) is -2.08. The number of methoxy groups -OCH3 is 2. The number of ether oxygens (including phenoxy) is 5. The minimum atomic E-state index is -1.68. The van der Waals surface area contributed by atoms with E-state index in [2.05, 4.69) is 6.58 Å². The Kier molecular flexibility index (Phi) is 9.57. The third kappa shape index (κ3) is 5.92. The molecular weight excluding hydrogens is 542 g/mol. The first kappa shape index (κ1) is 30.8. The standard InChI is InChI=1S/C28H37NO12/c1-5-15-17(9-19-16-10-21(37-3)20(32)8-14(16)6-7-29(19)13(2)31)18(26(36)38-4)12-39-27(15)41-28-25(35)24(34)23(33)22(11-30)40-28/h5,8,10,12,15,17,19,22-25,27-28,30,32-35H,1,6-7,9,11H2,2-4H3/t15-,17-,19+,22-,23-,24+,25-,27-,28+/m0/s1. The Morgan fingerprint density at radius 1 is 1.15 bits per heavy atom. The Morgan fingerprint density at radius 3 is 2.49 bits per heavy atom. The van der Waals surface area contributed by atoms with Crippen molar-refractivity contribution in [1.82, 2.24) is 4.90 Å². The van der Waals surface area contributed by atoms with Gasteiger partial charge in [-0.15, -0.1) is 6.58 Å². The van der Waals surface area contributed by atoms with Crippen molar-refractivity contribution < 1.29 is 58.8 Å². The van der Waals surface area contributed by atoms with Crippen LogP contribution in [-0.2, 0) is 35.0 Å². The number of rotatable bonds is 8. The molecule has 0 saturated carbocycles. The topological polar surface area (TPSA) is 185 Å². The Hall–Kier alpha value is -3.20. The van der Waals surface area contributed by atoms with Crippen LogP contribution < -0.4 is 4.74 Å². The van der Waals surface area contributed by atoms with Crippen molar-refractivity contribution in [2.75, 3.05) is 27.4 Å². The van der Waals surface area contributed by atoms with E-state index in [9.17, 15) is 35.1 Å². The molecule has 1 saturated heterocycles. The molecule has 0 aliphatic carbocycles. The fourth-order valence-corrected chi connectivity index (χ4v) is 5.78. The summed E-state index contributed by atoms with van der Waals surface area (Å²) in [6.45, 7) is 5.09. The summed E-state index contributed by atoms with van der Waals surface area (Å²) in [7, 11) is 2.65. The highest BCUT2D eigenvalue weighted by atomic mass is 16.8. The van der Waals surface area contributed by atoms with E-state index < -0.39 is 67.4 Å². The monoisotopic (exact) mass is 579 g/mol. The molecule has 226 valence electrons. The van der Waals surface area contributed by atoms with Crippen LogP contribution in [0.25, 0.3) is 0 Å². The molecule has 1 aromatic carbocycles. The fourth-order valence-electron chi connectivity index (χ4n) is 5.78. The number of phenolic OH excluding ortho intramolecular Hbond substituents is 1. The molecule has 0 unspecified atom stereocenters. The number of benzene rings is 1. The van der Waals surface area contributed by atoms with Crippen molar-refractivity contribution in [3.63, 3.8) is 0 Å². The van der Waals surface area contributed by atoms with Crippen molar-refractivity contribution in [2.24, 2.45) is 11.8 Å². The van der Waals surface area contributed by atoms with E-state index in [0.29, 0.717) is 13.0 Å². The van der Waals surface area contributed by atoms with E-state index in [1.165, 1.54) is 33.5 Å². The van der Waals surface area contributed by atoms with Gasteiger partial charge in [0.1, 0.15) is 24.4 Å². The maximum absolute atomic E-state index is 12.9. The molecular formula is C28H37NO12. The van der Waals surface area contributed by atoms with Gasteiger partial charge in [0.2, 0.25) is 12.2 Å². The van der Waals surface area contributed by atoms with E-state index in [0.717, 1.165) is 11.1 Å². The quantitative estimate of drug-likeness (QED) is 0.204. The van der Waals surface area contributed by atoms with Gasteiger partial charge in [-0.1, -0.05) is 6.08 Å². The number of carbonyl (C=O) groups is 2. The van der Waals surface area contributed by atoms with Crippen molar-refractivity contribution in [2.45, 2.75) is 62.8 Å². The number of nitrogens with zero attached hydrogens (tertiary/aromatic N) is 1. The van der Waals surface area contributed by atoms with Crippen LogP contribution in [-0.4, -0.2) is 107 Å². The molecule has 9 atom stereocenters. The summed E-state index contributed by atoms with van der Waals surface area (Å²) in [6.07, 6.45) is -5.41. The Morgan fingerprint density at radius 2 is 1.88 bits per heavy atom. The molecule has 1 amide bonds. The first-order valence-electron chi connectivity index (χ1n) is 13.3. The maximum atomic E-state index is 12.9. The third-order valence-electron chi connectivity index (χ3n) is 8.00. The van der Waals surface area contributed by atoms with Gasteiger partial charge in [-0.3, -0.25) is 4.79 Å². The molecule has 0 aromatic heterocycles. The third-order valence-corrected chi connectivity index (χ3v) is 8.00. The van der Waals surface area contributed by atoms with Gasteiger partial charge in [0, 0.05) is 25.3 Å². The molecule has 13 nitrogen and oxygen atoms in total. The molecule has 41 heavy (non-hydrogen) atoms. The minimum Gasteiger partial charge on any atom is -0.504 e. The van der Waals surface area contributed by atoms with Gasteiger partial charge in [-0.2, -0.15) is 0 Å². The Balaban J connectivity index is 1.70. The van der Waals surface area contributed by atoms with E-state index in [1.54, 1.807) is 17.0 Å². The number of aliphatic hydroxyl groups excluding tert-OH is 4. The van der Waals surface area contributed by atoms with Gasteiger partial charge >= 0.3 is 5.97 Å². The number of amides is 1. The molecule has 1 aromatic rings. The lowest BCUT2D eigenvalue weighted by Crippen LogP contribution is -2.60. The summed E-state index contributed by atoms with van der Waals surface area (Å²) in [5.41, 5.74) is 1.73. The van der Waals surface area contributed by atoms with Crippen molar-refractivity contribution >= 4 is 11.9 Å². The van der Waals surface area contributed by atoms with Crippen molar-refractivity contribution in [3.05, 3.63) is 47.7 Å². The molecule has 3 aliphatic rings.